The Hall–Kier alpha value is -3.23. The smallest absolute Gasteiger partial charge is 0.360 e. The van der Waals surface area contributed by atoms with Gasteiger partial charge in [0.15, 0.2) is 11.8 Å². The predicted octanol–water partition coefficient (Wildman–Crippen LogP) is -0.186. The van der Waals surface area contributed by atoms with Crippen LogP contribution in [-0.4, -0.2) is 55.7 Å². The molecule has 1 aromatic carbocycles. The molecular weight excluding hydrogens is 336 g/mol. The number of hydrogen-bond acceptors (Lipinski definition) is 7. The molecule has 1 aliphatic rings. The molecule has 1 unspecified atom stereocenters. The Kier molecular flexibility index (Phi) is 5.26. The van der Waals surface area contributed by atoms with Crippen molar-refractivity contribution in [3.8, 4) is 23.7 Å². The molecule has 3 N–H and O–H groups in total. The number of carbonyl (C=O) groups is 1. The van der Waals surface area contributed by atoms with E-state index < -0.39 is 30.4 Å². The number of para-hydroxylation sites is 2. The molecule has 0 saturated carbocycles. The van der Waals surface area contributed by atoms with Crippen molar-refractivity contribution in [3.63, 3.8) is 0 Å². The fourth-order valence-electron chi connectivity index (χ4n) is 2.13. The maximum absolute atomic E-state index is 12.3. The van der Waals surface area contributed by atoms with Crippen LogP contribution in [0.1, 0.15) is 10.5 Å². The molecule has 0 aliphatic heterocycles. The van der Waals surface area contributed by atoms with Crippen LogP contribution in [0.5, 0.6) is 0 Å². The van der Waals surface area contributed by atoms with Crippen LogP contribution in [0.3, 0.4) is 0 Å². The molecule has 0 radical (unpaired) electrons. The van der Waals surface area contributed by atoms with E-state index in [0.717, 1.165) is 0 Å². The minimum absolute atomic E-state index is 0.0121. The normalized spacial score (nSPS) is 26.0. The number of allylic oxidation sites excluding steroid dienone is 1. The number of aromatic nitrogens is 2. The summed E-state index contributed by atoms with van der Waals surface area (Å²) in [6.07, 6.45) is -1.50. The lowest BCUT2D eigenvalue weighted by molar-refractivity contribution is -0.0136. The molecule has 0 bridgehead atoms. The van der Waals surface area contributed by atoms with Gasteiger partial charge in [0.2, 0.25) is 0 Å². The molecule has 4 atom stereocenters. The topological polar surface area (TPSA) is 113 Å². The van der Waals surface area contributed by atoms with Gasteiger partial charge in [-0.25, -0.2) is 9.78 Å². The minimum Gasteiger partial charge on any atom is -0.440 e. The Balaban J connectivity index is 1.81. The van der Waals surface area contributed by atoms with Crippen LogP contribution in [0.15, 0.2) is 42.6 Å². The maximum Gasteiger partial charge on any atom is 0.360 e. The summed E-state index contributed by atoms with van der Waals surface area (Å²) in [4.78, 5) is 20.6. The van der Waals surface area contributed by atoms with Gasteiger partial charge in [-0.1, -0.05) is 35.8 Å². The van der Waals surface area contributed by atoms with Gasteiger partial charge in [0.1, 0.15) is 18.3 Å². The van der Waals surface area contributed by atoms with Crippen molar-refractivity contribution in [1.82, 2.24) is 9.97 Å². The zero-order valence-electron chi connectivity index (χ0n) is 13.4. The molecule has 130 valence electrons. The van der Waals surface area contributed by atoms with Gasteiger partial charge in [-0.2, -0.15) is 0 Å². The van der Waals surface area contributed by atoms with Gasteiger partial charge in [0.05, 0.1) is 17.2 Å². The average molecular weight is 350 g/mol. The van der Waals surface area contributed by atoms with Gasteiger partial charge in [-0.15, -0.1) is 0 Å². The van der Waals surface area contributed by atoms with Crippen LogP contribution >= 0.6 is 0 Å². The summed E-state index contributed by atoms with van der Waals surface area (Å²) in [5, 5.41) is 28.9. The first-order valence-electron chi connectivity index (χ1n) is 7.70. The van der Waals surface area contributed by atoms with Crippen molar-refractivity contribution in [2.24, 2.45) is 0 Å². The van der Waals surface area contributed by atoms with Crippen LogP contribution < -0.4 is 0 Å². The van der Waals surface area contributed by atoms with Crippen LogP contribution in [-0.2, 0) is 4.74 Å². The molecule has 0 saturated heterocycles. The zero-order chi connectivity index (χ0) is 18.5. The van der Waals surface area contributed by atoms with E-state index in [2.05, 4.69) is 33.6 Å². The highest BCUT2D eigenvalue weighted by atomic mass is 16.5. The SMILES string of the molecule is O=C(OC1C#C[C@@H](O)[C@H](O)[C@@H](O)C#C/C=C\1)c1cnc2ccccc2n1. The molecule has 2 aromatic rings. The van der Waals surface area contributed by atoms with Crippen molar-refractivity contribution < 1.29 is 24.9 Å². The molecule has 1 aromatic heterocycles. The van der Waals surface area contributed by atoms with E-state index in [-0.39, 0.29) is 5.69 Å². The third-order valence-corrected chi connectivity index (χ3v) is 3.50. The molecule has 7 heteroatoms. The monoisotopic (exact) mass is 350 g/mol. The van der Waals surface area contributed by atoms with Crippen molar-refractivity contribution >= 4 is 17.0 Å². The van der Waals surface area contributed by atoms with Crippen molar-refractivity contribution in [1.29, 1.82) is 0 Å². The highest BCUT2D eigenvalue weighted by Gasteiger charge is 2.22. The lowest BCUT2D eigenvalue weighted by atomic mass is 10.1. The molecule has 7 nitrogen and oxygen atoms in total. The Morgan fingerprint density at radius 3 is 2.58 bits per heavy atom. The van der Waals surface area contributed by atoms with E-state index in [1.54, 1.807) is 18.2 Å². The number of aliphatic hydroxyl groups excluding tert-OH is 3. The second-order valence-electron chi connectivity index (χ2n) is 5.39. The third-order valence-electron chi connectivity index (χ3n) is 3.50. The van der Waals surface area contributed by atoms with E-state index in [1.807, 2.05) is 6.07 Å². The van der Waals surface area contributed by atoms with E-state index in [4.69, 9.17) is 4.74 Å². The summed E-state index contributed by atoms with van der Waals surface area (Å²) in [6.45, 7) is 0. The molecule has 3 rings (SSSR count). The lowest BCUT2D eigenvalue weighted by Crippen LogP contribution is -2.36. The third kappa shape index (κ3) is 4.05. The fraction of sp³-hybridized carbons (Fsp3) is 0.211. The molecule has 1 aliphatic carbocycles. The quantitative estimate of drug-likeness (QED) is 0.508. The first kappa shape index (κ1) is 17.6. The summed E-state index contributed by atoms with van der Waals surface area (Å²) in [5.74, 6) is 8.92. The highest BCUT2D eigenvalue weighted by Crippen LogP contribution is 2.10. The summed E-state index contributed by atoms with van der Waals surface area (Å²) < 4.78 is 5.24. The lowest BCUT2D eigenvalue weighted by Gasteiger charge is -2.15. The van der Waals surface area contributed by atoms with Crippen molar-refractivity contribution in [3.05, 3.63) is 48.3 Å². The molecular formula is C19H14N2O5. The minimum atomic E-state index is -1.55. The highest BCUT2D eigenvalue weighted by molar-refractivity contribution is 5.89. The van der Waals surface area contributed by atoms with E-state index >= 15 is 0 Å². The van der Waals surface area contributed by atoms with Crippen molar-refractivity contribution in [2.45, 2.75) is 24.4 Å². The second-order valence-corrected chi connectivity index (χ2v) is 5.39. The summed E-state index contributed by atoms with van der Waals surface area (Å²) >= 11 is 0. The Morgan fingerprint density at radius 1 is 1.04 bits per heavy atom. The Labute approximate surface area is 149 Å². The number of ether oxygens (including phenoxy) is 1. The summed E-state index contributed by atoms with van der Waals surface area (Å²) in [6, 6.07) is 7.09. The first-order valence-corrected chi connectivity index (χ1v) is 7.70. The van der Waals surface area contributed by atoms with E-state index in [9.17, 15) is 20.1 Å². The largest absolute Gasteiger partial charge is 0.440 e. The van der Waals surface area contributed by atoms with E-state index in [1.165, 1.54) is 18.3 Å². The van der Waals surface area contributed by atoms with Gasteiger partial charge in [0, 0.05) is 0 Å². The molecule has 1 heterocycles. The molecule has 26 heavy (non-hydrogen) atoms. The maximum atomic E-state index is 12.3. The summed E-state index contributed by atoms with van der Waals surface area (Å²) in [7, 11) is 0. The van der Waals surface area contributed by atoms with Crippen molar-refractivity contribution in [2.75, 3.05) is 0 Å². The Morgan fingerprint density at radius 2 is 1.77 bits per heavy atom. The number of nitrogens with zero attached hydrogens (tertiary/aromatic N) is 2. The van der Waals surface area contributed by atoms with Gasteiger partial charge < -0.3 is 20.1 Å². The van der Waals surface area contributed by atoms with Crippen LogP contribution in [0, 0.1) is 23.7 Å². The van der Waals surface area contributed by atoms with Crippen LogP contribution in [0.4, 0.5) is 0 Å². The summed E-state index contributed by atoms with van der Waals surface area (Å²) in [5.41, 5.74) is 1.21. The van der Waals surface area contributed by atoms with Gasteiger partial charge in [-0.3, -0.25) is 4.98 Å². The standard InChI is InChI=1S/C19H14N2O5/c22-16-8-4-1-5-12(9-10-17(23)18(16)24)26-19(25)15-11-20-13-6-2-3-7-14(13)21-15/h1-3,5-7,11-12,16-18,22-24H/b5-1-/t12?,16-,17+,18+/m0/s1. The second kappa shape index (κ2) is 7.77. The number of esters is 1. The fourth-order valence-corrected chi connectivity index (χ4v) is 2.13. The van der Waals surface area contributed by atoms with Gasteiger partial charge in [0.25, 0.3) is 0 Å². The number of hydrogen-bond donors (Lipinski definition) is 3. The van der Waals surface area contributed by atoms with E-state index in [0.29, 0.717) is 11.0 Å². The molecule has 0 amide bonds. The number of rotatable bonds is 2. The zero-order valence-corrected chi connectivity index (χ0v) is 13.4. The molecule has 0 spiro atoms. The Bertz CT molecular complexity index is 980. The molecule has 0 fully saturated rings. The number of fused-ring (bicyclic) bond motifs is 1. The average Bonchev–Trinajstić information content (AvgIpc) is 2.66. The number of carbonyl (C=O) groups excluding carboxylic acids is 1. The number of aliphatic hydroxyl groups is 3. The predicted molar refractivity (Wildman–Crippen MR) is 91.5 cm³/mol. The number of benzene rings is 1. The van der Waals surface area contributed by atoms with Gasteiger partial charge >= 0.3 is 5.97 Å². The van der Waals surface area contributed by atoms with Crippen LogP contribution in [0.2, 0.25) is 0 Å². The van der Waals surface area contributed by atoms with Gasteiger partial charge in [-0.05, 0) is 24.3 Å². The van der Waals surface area contributed by atoms with Crippen LogP contribution in [0.25, 0.3) is 11.0 Å². The first-order chi connectivity index (χ1) is 12.5.